The molecule has 24 heavy (non-hydrogen) atoms. The van der Waals surface area contributed by atoms with Crippen LogP contribution in [0.5, 0.6) is 0 Å². The minimum absolute atomic E-state index is 0.123. The maximum atomic E-state index is 11.9. The van der Waals surface area contributed by atoms with Crippen LogP contribution in [0.2, 0.25) is 0 Å². The SMILES string of the molecule is CCCc1cc(C(=O)OCC(=O)NC(CC(C)C)C(=O)OC)n[nH]1. The van der Waals surface area contributed by atoms with Crippen LogP contribution in [0.4, 0.5) is 0 Å². The van der Waals surface area contributed by atoms with Crippen molar-refractivity contribution in [2.75, 3.05) is 13.7 Å². The molecule has 1 atom stereocenters. The molecule has 0 saturated heterocycles. The number of rotatable bonds is 9. The molecule has 1 aromatic rings. The Balaban J connectivity index is 2.50. The van der Waals surface area contributed by atoms with E-state index in [1.807, 2.05) is 20.8 Å². The summed E-state index contributed by atoms with van der Waals surface area (Å²) in [6, 6.07) is 0.836. The number of nitrogens with one attached hydrogen (secondary N) is 2. The fourth-order valence-electron chi connectivity index (χ4n) is 2.13. The Hall–Kier alpha value is -2.38. The maximum Gasteiger partial charge on any atom is 0.359 e. The number of nitrogens with zero attached hydrogens (tertiary/aromatic N) is 1. The van der Waals surface area contributed by atoms with Gasteiger partial charge in [-0.15, -0.1) is 0 Å². The first-order valence-corrected chi connectivity index (χ1v) is 7.95. The van der Waals surface area contributed by atoms with E-state index in [0.29, 0.717) is 6.42 Å². The summed E-state index contributed by atoms with van der Waals surface area (Å²) < 4.78 is 9.57. The van der Waals surface area contributed by atoms with Crippen molar-refractivity contribution in [1.29, 1.82) is 0 Å². The van der Waals surface area contributed by atoms with Gasteiger partial charge in [-0.3, -0.25) is 9.89 Å². The van der Waals surface area contributed by atoms with Crippen molar-refractivity contribution in [1.82, 2.24) is 15.5 Å². The summed E-state index contributed by atoms with van der Waals surface area (Å²) in [4.78, 5) is 35.4. The third-order valence-corrected chi connectivity index (χ3v) is 3.22. The third-order valence-electron chi connectivity index (χ3n) is 3.22. The second-order valence-corrected chi connectivity index (χ2v) is 5.88. The molecule has 1 amide bonds. The van der Waals surface area contributed by atoms with Crippen LogP contribution in [-0.2, 0) is 25.5 Å². The van der Waals surface area contributed by atoms with Crippen molar-refractivity contribution in [2.45, 2.75) is 46.1 Å². The average molecular weight is 339 g/mol. The number of methoxy groups -OCH3 is 1. The molecule has 8 heteroatoms. The second kappa shape index (κ2) is 9.69. The Morgan fingerprint density at radius 2 is 2.04 bits per heavy atom. The molecule has 2 N–H and O–H groups in total. The number of ether oxygens (including phenoxy) is 2. The number of aromatic amines is 1. The second-order valence-electron chi connectivity index (χ2n) is 5.88. The van der Waals surface area contributed by atoms with Crippen LogP contribution in [0.3, 0.4) is 0 Å². The number of H-pyrrole nitrogens is 1. The van der Waals surface area contributed by atoms with Crippen LogP contribution < -0.4 is 5.32 Å². The first-order valence-electron chi connectivity index (χ1n) is 7.95. The molecule has 0 bridgehead atoms. The Labute approximate surface area is 141 Å². The lowest BCUT2D eigenvalue weighted by molar-refractivity contribution is -0.145. The van der Waals surface area contributed by atoms with Gasteiger partial charge in [0.15, 0.2) is 12.3 Å². The molecule has 1 unspecified atom stereocenters. The number of esters is 2. The highest BCUT2D eigenvalue weighted by Gasteiger charge is 2.23. The van der Waals surface area contributed by atoms with Crippen molar-refractivity contribution < 1.29 is 23.9 Å². The summed E-state index contributed by atoms with van der Waals surface area (Å²) >= 11 is 0. The van der Waals surface area contributed by atoms with Gasteiger partial charge in [-0.1, -0.05) is 27.2 Å². The predicted molar refractivity (Wildman–Crippen MR) is 86.3 cm³/mol. The lowest BCUT2D eigenvalue weighted by Gasteiger charge is -2.18. The Bertz CT molecular complexity index is 568. The van der Waals surface area contributed by atoms with Crippen molar-refractivity contribution in [3.63, 3.8) is 0 Å². The lowest BCUT2D eigenvalue weighted by Crippen LogP contribution is -2.44. The molecule has 0 aromatic carbocycles. The molecule has 134 valence electrons. The zero-order chi connectivity index (χ0) is 18.1. The van der Waals surface area contributed by atoms with E-state index in [1.54, 1.807) is 6.07 Å². The van der Waals surface area contributed by atoms with Crippen molar-refractivity contribution in [2.24, 2.45) is 5.92 Å². The number of aryl methyl sites for hydroxylation is 1. The van der Waals surface area contributed by atoms with Crippen molar-refractivity contribution in [3.8, 4) is 0 Å². The van der Waals surface area contributed by atoms with Gasteiger partial charge in [0.2, 0.25) is 0 Å². The Kier molecular flexibility index (Phi) is 7.94. The molecule has 1 rings (SSSR count). The molecule has 0 radical (unpaired) electrons. The largest absolute Gasteiger partial charge is 0.467 e. The number of hydrogen-bond acceptors (Lipinski definition) is 6. The Morgan fingerprint density at radius 1 is 1.33 bits per heavy atom. The fourth-order valence-corrected chi connectivity index (χ4v) is 2.13. The Morgan fingerprint density at radius 3 is 2.62 bits per heavy atom. The highest BCUT2D eigenvalue weighted by molar-refractivity contribution is 5.90. The number of hydrogen-bond donors (Lipinski definition) is 2. The predicted octanol–water partition coefficient (Wildman–Crippen LogP) is 1.22. The minimum atomic E-state index is -0.761. The van der Waals surface area contributed by atoms with Crippen LogP contribution in [-0.4, -0.2) is 47.8 Å². The topological polar surface area (TPSA) is 110 Å². The molecule has 1 heterocycles. The van der Waals surface area contributed by atoms with Gasteiger partial charge in [-0.25, -0.2) is 9.59 Å². The highest BCUT2D eigenvalue weighted by Crippen LogP contribution is 2.07. The van der Waals surface area contributed by atoms with Gasteiger partial charge in [0.25, 0.3) is 5.91 Å². The molecule has 0 aliphatic rings. The van der Waals surface area contributed by atoms with Crippen LogP contribution in [0, 0.1) is 5.92 Å². The molecule has 0 spiro atoms. The van der Waals surface area contributed by atoms with Gasteiger partial charge in [-0.2, -0.15) is 5.10 Å². The number of carbonyl (C=O) groups is 3. The zero-order valence-corrected chi connectivity index (χ0v) is 14.5. The molecule has 0 aliphatic carbocycles. The monoisotopic (exact) mass is 339 g/mol. The quantitative estimate of drug-likeness (QED) is 0.655. The molecular formula is C16H25N3O5. The number of carbonyl (C=O) groups excluding carboxylic acids is 3. The van der Waals surface area contributed by atoms with Crippen LogP contribution in [0.1, 0.15) is 49.8 Å². The normalized spacial score (nSPS) is 11.9. The average Bonchev–Trinajstić information content (AvgIpc) is 3.00. The van der Waals surface area contributed by atoms with Gasteiger partial charge in [-0.05, 0) is 24.8 Å². The zero-order valence-electron chi connectivity index (χ0n) is 14.5. The fraction of sp³-hybridized carbons (Fsp3) is 0.625. The van der Waals surface area contributed by atoms with Gasteiger partial charge >= 0.3 is 11.9 Å². The van der Waals surface area contributed by atoms with E-state index < -0.39 is 30.5 Å². The van der Waals surface area contributed by atoms with E-state index in [2.05, 4.69) is 20.3 Å². The summed E-state index contributed by atoms with van der Waals surface area (Å²) in [5.74, 6) is -1.59. The van der Waals surface area contributed by atoms with E-state index in [4.69, 9.17) is 4.74 Å². The summed E-state index contributed by atoms with van der Waals surface area (Å²) in [5.41, 5.74) is 0.953. The van der Waals surface area contributed by atoms with Gasteiger partial charge in [0.05, 0.1) is 7.11 Å². The molecular weight excluding hydrogens is 314 g/mol. The molecule has 8 nitrogen and oxygen atoms in total. The van der Waals surface area contributed by atoms with E-state index in [0.717, 1.165) is 18.5 Å². The molecule has 1 aromatic heterocycles. The van der Waals surface area contributed by atoms with Crippen molar-refractivity contribution in [3.05, 3.63) is 17.5 Å². The van der Waals surface area contributed by atoms with Gasteiger partial charge in [0.1, 0.15) is 6.04 Å². The van der Waals surface area contributed by atoms with Crippen LogP contribution >= 0.6 is 0 Å². The van der Waals surface area contributed by atoms with Gasteiger partial charge < -0.3 is 14.8 Å². The van der Waals surface area contributed by atoms with Crippen LogP contribution in [0.15, 0.2) is 6.07 Å². The maximum absolute atomic E-state index is 11.9. The first kappa shape index (κ1) is 19.7. The van der Waals surface area contributed by atoms with E-state index in [1.165, 1.54) is 7.11 Å². The first-order chi connectivity index (χ1) is 11.4. The highest BCUT2D eigenvalue weighted by atomic mass is 16.5. The summed E-state index contributed by atoms with van der Waals surface area (Å²) in [6.45, 7) is 5.37. The van der Waals surface area contributed by atoms with Crippen molar-refractivity contribution >= 4 is 17.8 Å². The summed E-state index contributed by atoms with van der Waals surface area (Å²) in [5, 5.41) is 9.10. The molecule has 0 fully saturated rings. The number of amides is 1. The smallest absolute Gasteiger partial charge is 0.359 e. The molecule has 0 aliphatic heterocycles. The minimum Gasteiger partial charge on any atom is -0.467 e. The van der Waals surface area contributed by atoms with E-state index in [-0.39, 0.29) is 11.6 Å². The third kappa shape index (κ3) is 6.39. The van der Waals surface area contributed by atoms with Crippen LogP contribution in [0.25, 0.3) is 0 Å². The summed E-state index contributed by atoms with van der Waals surface area (Å²) in [6.07, 6.45) is 2.13. The summed E-state index contributed by atoms with van der Waals surface area (Å²) in [7, 11) is 1.26. The van der Waals surface area contributed by atoms with E-state index >= 15 is 0 Å². The lowest BCUT2D eigenvalue weighted by atomic mass is 10.0. The van der Waals surface area contributed by atoms with Gasteiger partial charge in [0, 0.05) is 5.69 Å². The number of aromatic nitrogens is 2. The van der Waals surface area contributed by atoms with E-state index in [9.17, 15) is 14.4 Å². The standard InChI is InChI=1S/C16H25N3O5/c1-5-6-11-8-13(19-18-11)16(22)24-9-14(20)17-12(7-10(2)3)15(21)23-4/h8,10,12H,5-7,9H2,1-4H3,(H,17,20)(H,18,19). The molecule has 0 saturated carbocycles.